The number of rotatable bonds is 1. The number of Topliss-reactive ketones (excluding diaryl/α,β-unsaturated/α-hetero) is 1. The van der Waals surface area contributed by atoms with Gasteiger partial charge < -0.3 is 4.74 Å². The number of thioether (sulfide) groups is 1. The van der Waals surface area contributed by atoms with E-state index >= 15 is 0 Å². The molecule has 0 N–H and O–H groups in total. The van der Waals surface area contributed by atoms with Crippen LogP contribution in [-0.2, 0) is 4.74 Å². The van der Waals surface area contributed by atoms with Crippen molar-refractivity contribution in [3.05, 3.63) is 64.2 Å². The molecule has 0 aromatic heterocycles. The van der Waals surface area contributed by atoms with E-state index in [-0.39, 0.29) is 11.9 Å². The molecule has 1 spiro atoms. The molecule has 2 heterocycles. The zero-order valence-electron chi connectivity index (χ0n) is 11.4. The predicted octanol–water partition coefficient (Wildman–Crippen LogP) is 4.45. The van der Waals surface area contributed by atoms with Crippen molar-refractivity contribution < 1.29 is 9.53 Å². The van der Waals surface area contributed by atoms with Crippen molar-refractivity contribution in [3.8, 4) is 0 Å². The maximum atomic E-state index is 12.8. The van der Waals surface area contributed by atoms with Crippen LogP contribution < -0.4 is 0 Å². The second-order valence-corrected chi connectivity index (χ2v) is 7.01. The van der Waals surface area contributed by atoms with Gasteiger partial charge in [0.2, 0.25) is 0 Å². The van der Waals surface area contributed by atoms with Crippen LogP contribution in [0.25, 0.3) is 0 Å². The average Bonchev–Trinajstić information content (AvgIpc) is 3.20. The van der Waals surface area contributed by atoms with Gasteiger partial charge in [-0.25, -0.2) is 0 Å². The standard InChI is InChI=1S/C17H13ClO2S/c1-10-2-7-14-13(8-10)15(19)17(9-21-14)16(20-17)11-3-5-12(18)6-4-11/h2-8,16H,9H2,1H3. The van der Waals surface area contributed by atoms with E-state index in [0.717, 1.165) is 21.6 Å². The summed E-state index contributed by atoms with van der Waals surface area (Å²) in [4.78, 5) is 13.9. The molecule has 0 radical (unpaired) electrons. The summed E-state index contributed by atoms with van der Waals surface area (Å²) in [6, 6.07) is 13.6. The first-order valence-corrected chi connectivity index (χ1v) is 8.18. The Bertz CT molecular complexity index is 741. The number of aryl methyl sites for hydroxylation is 1. The molecule has 0 amide bonds. The van der Waals surface area contributed by atoms with Crippen molar-refractivity contribution in [3.63, 3.8) is 0 Å². The first kappa shape index (κ1) is 13.4. The van der Waals surface area contributed by atoms with Crippen LogP contribution in [0.1, 0.15) is 27.6 Å². The smallest absolute Gasteiger partial charge is 0.199 e. The molecule has 2 unspecified atom stereocenters. The lowest BCUT2D eigenvalue weighted by Crippen LogP contribution is -2.32. The van der Waals surface area contributed by atoms with Gasteiger partial charge >= 0.3 is 0 Å². The van der Waals surface area contributed by atoms with Crippen molar-refractivity contribution in [1.82, 2.24) is 0 Å². The van der Waals surface area contributed by atoms with Gasteiger partial charge in [0.05, 0.1) is 0 Å². The highest BCUT2D eigenvalue weighted by atomic mass is 35.5. The lowest BCUT2D eigenvalue weighted by molar-refractivity contribution is 0.0885. The van der Waals surface area contributed by atoms with E-state index in [0.29, 0.717) is 10.8 Å². The Morgan fingerprint density at radius 3 is 2.76 bits per heavy atom. The third-order valence-corrected chi connectivity index (χ3v) is 5.57. The average molecular weight is 317 g/mol. The molecule has 4 rings (SSSR count). The van der Waals surface area contributed by atoms with E-state index in [1.807, 2.05) is 49.4 Å². The Morgan fingerprint density at radius 2 is 2.00 bits per heavy atom. The molecule has 21 heavy (non-hydrogen) atoms. The molecule has 106 valence electrons. The van der Waals surface area contributed by atoms with Crippen LogP contribution in [0.3, 0.4) is 0 Å². The first-order chi connectivity index (χ1) is 10.1. The largest absolute Gasteiger partial charge is 0.351 e. The van der Waals surface area contributed by atoms with Gasteiger partial charge in [0.15, 0.2) is 11.4 Å². The highest BCUT2D eigenvalue weighted by Crippen LogP contribution is 2.56. The molecule has 4 heteroatoms. The summed E-state index contributed by atoms with van der Waals surface area (Å²) >= 11 is 7.62. The van der Waals surface area contributed by atoms with Gasteiger partial charge in [-0.1, -0.05) is 35.4 Å². The fraction of sp³-hybridized carbons (Fsp3) is 0.235. The number of hydrogen-bond acceptors (Lipinski definition) is 3. The summed E-state index contributed by atoms with van der Waals surface area (Å²) in [6.45, 7) is 2.00. The zero-order valence-corrected chi connectivity index (χ0v) is 13.0. The Morgan fingerprint density at radius 1 is 1.24 bits per heavy atom. The minimum atomic E-state index is -0.681. The Labute approximate surface area is 132 Å². The number of epoxide rings is 1. The molecule has 2 aliphatic rings. The highest BCUT2D eigenvalue weighted by Gasteiger charge is 2.64. The second kappa shape index (κ2) is 4.60. The van der Waals surface area contributed by atoms with Gasteiger partial charge in [0, 0.05) is 21.2 Å². The van der Waals surface area contributed by atoms with E-state index in [4.69, 9.17) is 16.3 Å². The summed E-state index contributed by atoms with van der Waals surface area (Å²) in [5.41, 5.74) is 2.23. The maximum Gasteiger partial charge on any atom is 0.199 e. The van der Waals surface area contributed by atoms with Crippen LogP contribution in [0.5, 0.6) is 0 Å². The van der Waals surface area contributed by atoms with Crippen LogP contribution >= 0.6 is 23.4 Å². The molecule has 1 fully saturated rings. The van der Waals surface area contributed by atoms with Gasteiger partial charge in [-0.2, -0.15) is 0 Å². The second-order valence-electron chi connectivity index (χ2n) is 5.56. The van der Waals surface area contributed by atoms with E-state index in [1.54, 1.807) is 11.8 Å². The lowest BCUT2D eigenvalue weighted by Gasteiger charge is -2.21. The Balaban J connectivity index is 1.69. The fourth-order valence-corrected chi connectivity index (χ4v) is 4.18. The van der Waals surface area contributed by atoms with E-state index in [9.17, 15) is 4.79 Å². The number of hydrogen-bond donors (Lipinski definition) is 0. The molecule has 2 atom stereocenters. The van der Waals surface area contributed by atoms with Gasteiger partial charge in [-0.15, -0.1) is 11.8 Å². The van der Waals surface area contributed by atoms with Crippen LogP contribution in [0, 0.1) is 6.92 Å². The Hall–Kier alpha value is -1.29. The van der Waals surface area contributed by atoms with E-state index in [1.165, 1.54) is 0 Å². The number of carbonyl (C=O) groups excluding carboxylic acids is 1. The molecule has 2 nitrogen and oxygen atoms in total. The summed E-state index contributed by atoms with van der Waals surface area (Å²) in [7, 11) is 0. The number of ether oxygens (including phenoxy) is 1. The molecule has 0 aliphatic carbocycles. The van der Waals surface area contributed by atoms with Crippen LogP contribution in [0.15, 0.2) is 47.4 Å². The minimum absolute atomic E-state index is 0.111. The van der Waals surface area contributed by atoms with Crippen LogP contribution in [0.2, 0.25) is 5.02 Å². The molecule has 0 bridgehead atoms. The van der Waals surface area contributed by atoms with Gasteiger partial charge in [0.25, 0.3) is 0 Å². The third kappa shape index (κ3) is 2.03. The van der Waals surface area contributed by atoms with Crippen LogP contribution in [0.4, 0.5) is 0 Å². The van der Waals surface area contributed by atoms with E-state index in [2.05, 4.69) is 0 Å². The van der Waals surface area contributed by atoms with Crippen molar-refractivity contribution in [2.45, 2.75) is 23.5 Å². The zero-order chi connectivity index (χ0) is 14.6. The normalized spacial score (nSPS) is 26.8. The first-order valence-electron chi connectivity index (χ1n) is 6.82. The number of ketones is 1. The number of fused-ring (bicyclic) bond motifs is 1. The monoisotopic (exact) mass is 316 g/mol. The van der Waals surface area contributed by atoms with Crippen molar-refractivity contribution in [1.29, 1.82) is 0 Å². The summed E-state index contributed by atoms with van der Waals surface area (Å²) < 4.78 is 5.87. The topological polar surface area (TPSA) is 29.6 Å². The van der Waals surface area contributed by atoms with E-state index < -0.39 is 5.60 Å². The summed E-state index contributed by atoms with van der Waals surface area (Å²) in [5.74, 6) is 0.787. The molecular weight excluding hydrogens is 304 g/mol. The molecular formula is C17H13ClO2S. The Kier molecular flexibility index (Phi) is 2.93. The molecule has 0 saturated carbocycles. The number of benzene rings is 2. The summed E-state index contributed by atoms with van der Waals surface area (Å²) in [6.07, 6.45) is -0.150. The number of carbonyl (C=O) groups is 1. The third-order valence-electron chi connectivity index (χ3n) is 4.07. The molecule has 2 aromatic rings. The highest BCUT2D eigenvalue weighted by molar-refractivity contribution is 7.99. The van der Waals surface area contributed by atoms with Crippen molar-refractivity contribution >= 4 is 29.1 Å². The minimum Gasteiger partial charge on any atom is -0.351 e. The van der Waals surface area contributed by atoms with Crippen molar-refractivity contribution in [2.24, 2.45) is 0 Å². The van der Waals surface area contributed by atoms with Crippen molar-refractivity contribution in [2.75, 3.05) is 5.75 Å². The lowest BCUT2D eigenvalue weighted by atomic mass is 9.91. The molecule has 2 aromatic carbocycles. The number of halogens is 1. The maximum absolute atomic E-state index is 12.8. The summed E-state index contributed by atoms with van der Waals surface area (Å²) in [5, 5.41) is 0.693. The molecule has 1 saturated heterocycles. The molecule has 2 aliphatic heterocycles. The SMILES string of the molecule is Cc1ccc2c(c1)C(=O)C1(CS2)OC1c1ccc(Cl)cc1. The van der Waals surface area contributed by atoms with Crippen LogP contribution in [-0.4, -0.2) is 17.1 Å². The van der Waals surface area contributed by atoms with Gasteiger partial charge in [-0.05, 0) is 36.8 Å². The van der Waals surface area contributed by atoms with Gasteiger partial charge in [0.1, 0.15) is 6.10 Å². The predicted molar refractivity (Wildman–Crippen MR) is 84.2 cm³/mol. The quantitative estimate of drug-likeness (QED) is 0.728. The fourth-order valence-electron chi connectivity index (χ4n) is 2.86. The van der Waals surface area contributed by atoms with Gasteiger partial charge in [-0.3, -0.25) is 4.79 Å².